The fraction of sp³-hybridized carbons (Fsp3) is 0.263. The van der Waals surface area contributed by atoms with Crippen molar-refractivity contribution in [3.63, 3.8) is 0 Å². The van der Waals surface area contributed by atoms with Gasteiger partial charge in [-0.2, -0.15) is 0 Å². The van der Waals surface area contributed by atoms with Crippen molar-refractivity contribution in [3.05, 3.63) is 64.2 Å². The lowest BCUT2D eigenvalue weighted by atomic mass is 9.94. The van der Waals surface area contributed by atoms with Gasteiger partial charge in [0.05, 0.1) is 6.61 Å². The van der Waals surface area contributed by atoms with Crippen molar-refractivity contribution in [3.8, 4) is 0 Å². The van der Waals surface area contributed by atoms with Crippen molar-refractivity contribution >= 4 is 33.4 Å². The molecule has 1 aliphatic carbocycles. The Bertz CT molecular complexity index is 776. The molecule has 4 nitrogen and oxygen atoms in total. The Morgan fingerprint density at radius 1 is 1.33 bits per heavy atom. The first kappa shape index (κ1) is 16.7. The van der Waals surface area contributed by atoms with E-state index in [1.165, 1.54) is 0 Å². The molecule has 0 bridgehead atoms. The van der Waals surface area contributed by atoms with Crippen LogP contribution in [0.2, 0.25) is 0 Å². The molecule has 0 spiro atoms. The number of esters is 1. The maximum absolute atomic E-state index is 12.1. The number of ether oxygens (including phenoxy) is 1. The Morgan fingerprint density at radius 2 is 2.08 bits per heavy atom. The molecule has 0 saturated carbocycles. The van der Waals surface area contributed by atoms with E-state index in [-0.39, 0.29) is 18.6 Å². The molecule has 0 radical (unpaired) electrons. The monoisotopic (exact) mass is 387 g/mol. The highest BCUT2D eigenvalue weighted by atomic mass is 79.9. The molecule has 1 heterocycles. The van der Waals surface area contributed by atoms with Crippen LogP contribution in [0.5, 0.6) is 0 Å². The Morgan fingerprint density at radius 3 is 2.79 bits per heavy atom. The summed E-state index contributed by atoms with van der Waals surface area (Å²) in [5, 5.41) is 3.46. The molecule has 1 aliphatic heterocycles. The number of rotatable bonds is 4. The van der Waals surface area contributed by atoms with Crippen LogP contribution in [0, 0.1) is 0 Å². The zero-order valence-corrected chi connectivity index (χ0v) is 15.3. The summed E-state index contributed by atoms with van der Waals surface area (Å²) >= 11 is 3.56. The van der Waals surface area contributed by atoms with Crippen LogP contribution in [-0.4, -0.2) is 35.6 Å². The van der Waals surface area contributed by atoms with Crippen LogP contribution in [0.25, 0.3) is 5.70 Å². The van der Waals surface area contributed by atoms with Crippen LogP contribution in [0.4, 0.5) is 0 Å². The summed E-state index contributed by atoms with van der Waals surface area (Å²) in [4.78, 5) is 12.1. The highest BCUT2D eigenvalue weighted by Crippen LogP contribution is 2.31. The second-order valence-electron chi connectivity index (χ2n) is 5.66. The smallest absolute Gasteiger partial charge is 0.348 e. The molecule has 1 N–H and O–H groups in total. The minimum atomic E-state index is -0.236. The van der Waals surface area contributed by atoms with E-state index in [1.54, 1.807) is 0 Å². The van der Waals surface area contributed by atoms with Gasteiger partial charge in [0.15, 0.2) is 6.54 Å². The summed E-state index contributed by atoms with van der Waals surface area (Å²) in [5.41, 5.74) is 3.24. The van der Waals surface area contributed by atoms with Gasteiger partial charge in [0.2, 0.25) is 5.84 Å². The van der Waals surface area contributed by atoms with E-state index >= 15 is 0 Å². The van der Waals surface area contributed by atoms with Gasteiger partial charge < -0.3 is 4.74 Å². The molecule has 1 atom stereocenters. The van der Waals surface area contributed by atoms with Gasteiger partial charge in [-0.3, -0.25) is 5.32 Å². The first-order valence-corrected chi connectivity index (χ1v) is 8.77. The SMILES string of the molecule is CCOC(=O)C[N+]1=C(C)N[C@@H]2C=CC(Br)=CC2=C1c1ccccc1. The summed E-state index contributed by atoms with van der Waals surface area (Å²) in [6, 6.07) is 10.2. The molecule has 5 heteroatoms. The molecule has 0 aromatic heterocycles. The molecule has 2 aliphatic rings. The van der Waals surface area contributed by atoms with Crippen molar-refractivity contribution in [1.29, 1.82) is 0 Å². The Balaban J connectivity index is 2.12. The molecular weight excluding hydrogens is 368 g/mol. The summed E-state index contributed by atoms with van der Waals surface area (Å²) < 4.78 is 8.16. The molecule has 1 aromatic carbocycles. The number of fused-ring (bicyclic) bond motifs is 1. The van der Waals surface area contributed by atoms with Gasteiger partial charge in [-0.05, 0) is 25.2 Å². The first-order valence-electron chi connectivity index (χ1n) is 7.98. The predicted molar refractivity (Wildman–Crippen MR) is 98.9 cm³/mol. The van der Waals surface area contributed by atoms with Crippen LogP contribution in [0.3, 0.4) is 0 Å². The van der Waals surface area contributed by atoms with Gasteiger partial charge in [-0.15, -0.1) is 0 Å². The Labute approximate surface area is 150 Å². The second kappa shape index (κ2) is 7.18. The molecule has 24 heavy (non-hydrogen) atoms. The van der Waals surface area contributed by atoms with E-state index in [9.17, 15) is 4.79 Å². The zero-order chi connectivity index (χ0) is 17.1. The van der Waals surface area contributed by atoms with Gasteiger partial charge in [0.25, 0.3) is 0 Å². The van der Waals surface area contributed by atoms with E-state index < -0.39 is 0 Å². The second-order valence-corrected chi connectivity index (χ2v) is 6.57. The van der Waals surface area contributed by atoms with Crippen molar-refractivity contribution in [2.45, 2.75) is 19.9 Å². The molecule has 0 amide bonds. The predicted octanol–water partition coefficient (Wildman–Crippen LogP) is 3.21. The molecular formula is C19H20BrN2O2+. The van der Waals surface area contributed by atoms with Crippen LogP contribution < -0.4 is 5.32 Å². The maximum atomic E-state index is 12.1. The number of carbonyl (C=O) groups excluding carboxylic acids is 1. The Kier molecular flexibility index (Phi) is 5.00. The van der Waals surface area contributed by atoms with Crippen LogP contribution >= 0.6 is 15.9 Å². The summed E-state index contributed by atoms with van der Waals surface area (Å²) in [6.45, 7) is 4.37. The molecule has 124 valence electrons. The minimum absolute atomic E-state index is 0.0972. The van der Waals surface area contributed by atoms with Crippen molar-refractivity contribution in [2.75, 3.05) is 13.2 Å². The number of hydrogen-bond acceptors (Lipinski definition) is 3. The van der Waals surface area contributed by atoms with E-state index in [1.807, 2.05) is 42.7 Å². The van der Waals surface area contributed by atoms with Crippen molar-refractivity contribution in [1.82, 2.24) is 5.32 Å². The third kappa shape index (κ3) is 3.36. The number of halogens is 1. The zero-order valence-electron chi connectivity index (χ0n) is 13.8. The van der Waals surface area contributed by atoms with Crippen LogP contribution in [0.15, 0.2) is 58.6 Å². The highest BCUT2D eigenvalue weighted by molar-refractivity contribution is 9.11. The number of nitrogens with zero attached hydrogens (tertiary/aromatic N) is 1. The van der Waals surface area contributed by atoms with Crippen molar-refractivity contribution in [2.24, 2.45) is 0 Å². The first-order chi connectivity index (χ1) is 11.6. The molecule has 1 aromatic rings. The van der Waals surface area contributed by atoms with Crippen LogP contribution in [-0.2, 0) is 9.53 Å². The highest BCUT2D eigenvalue weighted by Gasteiger charge is 2.33. The lowest BCUT2D eigenvalue weighted by molar-refractivity contribution is -0.428. The fourth-order valence-corrected chi connectivity index (χ4v) is 3.40. The minimum Gasteiger partial charge on any atom is -0.463 e. The molecule has 0 saturated heterocycles. The summed E-state index contributed by atoms with van der Waals surface area (Å²) in [7, 11) is 0. The normalized spacial score (nSPS) is 19.6. The maximum Gasteiger partial charge on any atom is 0.348 e. The van der Waals surface area contributed by atoms with Gasteiger partial charge in [-0.1, -0.05) is 46.3 Å². The molecule has 3 rings (SSSR count). The van der Waals surface area contributed by atoms with E-state index in [4.69, 9.17) is 4.74 Å². The number of hydrogen-bond donors (Lipinski definition) is 1. The average Bonchev–Trinajstić information content (AvgIpc) is 2.57. The number of carbonyl (C=O) groups is 1. The van der Waals surface area contributed by atoms with Gasteiger partial charge in [0.1, 0.15) is 11.7 Å². The van der Waals surface area contributed by atoms with E-state index in [0.717, 1.165) is 27.2 Å². The van der Waals surface area contributed by atoms with Gasteiger partial charge in [-0.25, -0.2) is 9.37 Å². The van der Waals surface area contributed by atoms with Crippen molar-refractivity contribution < 1.29 is 14.1 Å². The molecule has 0 fully saturated rings. The quantitative estimate of drug-likeness (QED) is 0.636. The number of allylic oxidation sites excluding steroid dienone is 2. The van der Waals surface area contributed by atoms with Crippen LogP contribution in [0.1, 0.15) is 19.4 Å². The number of amidine groups is 1. The van der Waals surface area contributed by atoms with Gasteiger partial charge >= 0.3 is 5.97 Å². The largest absolute Gasteiger partial charge is 0.463 e. The fourth-order valence-electron chi connectivity index (χ4n) is 3.00. The molecule has 0 unspecified atom stereocenters. The third-order valence-electron chi connectivity index (χ3n) is 4.03. The number of benzene rings is 1. The lowest BCUT2D eigenvalue weighted by Crippen LogP contribution is -2.45. The average molecular weight is 388 g/mol. The summed E-state index contributed by atoms with van der Waals surface area (Å²) in [5.74, 6) is 0.701. The standard InChI is InChI=1S/C19H19BrN2O2/c1-3-24-18(23)12-22-13(2)21-17-10-9-15(20)11-16(17)19(22)14-7-5-4-6-8-14/h4-11,17H,3,12H2,1-2H3/p+1/t17-/m1/s1. The third-order valence-corrected chi connectivity index (χ3v) is 4.52. The summed E-state index contributed by atoms with van der Waals surface area (Å²) in [6.07, 6.45) is 6.26. The Hall–Kier alpha value is -2.14. The van der Waals surface area contributed by atoms with Gasteiger partial charge in [0, 0.05) is 22.5 Å². The van der Waals surface area contributed by atoms with E-state index in [2.05, 4.69) is 45.5 Å². The number of nitrogens with one attached hydrogen (secondary N) is 1. The lowest BCUT2D eigenvalue weighted by Gasteiger charge is -2.27. The van der Waals surface area contributed by atoms with E-state index in [0.29, 0.717) is 6.61 Å². The topological polar surface area (TPSA) is 41.3 Å².